The zero-order valence-electron chi connectivity index (χ0n) is 10.5. The van der Waals surface area contributed by atoms with Gasteiger partial charge in [-0.05, 0) is 49.1 Å². The van der Waals surface area contributed by atoms with Crippen LogP contribution in [0.1, 0.15) is 18.1 Å². The zero-order valence-corrected chi connectivity index (χ0v) is 10.5. The molecule has 0 bridgehead atoms. The molecule has 0 amide bonds. The Kier molecular flexibility index (Phi) is 4.62. The maximum atomic E-state index is 5.64. The first-order valence-corrected chi connectivity index (χ1v) is 5.54. The van der Waals surface area contributed by atoms with Crippen molar-refractivity contribution in [1.29, 1.82) is 0 Å². The number of aryl methyl sites for hydroxylation is 1. The van der Waals surface area contributed by atoms with Crippen LogP contribution in [0.3, 0.4) is 0 Å². The summed E-state index contributed by atoms with van der Waals surface area (Å²) in [5.74, 6) is 2.05. The van der Waals surface area contributed by atoms with E-state index in [1.165, 1.54) is 11.1 Å². The van der Waals surface area contributed by atoms with Crippen LogP contribution in [0.25, 0.3) is 0 Å². The first-order chi connectivity index (χ1) is 7.62. The second-order valence-electron chi connectivity index (χ2n) is 4.18. The minimum absolute atomic E-state index is 0.483. The molecule has 3 heteroatoms. The summed E-state index contributed by atoms with van der Waals surface area (Å²) in [5, 5.41) is 0. The highest BCUT2D eigenvalue weighted by Crippen LogP contribution is 2.31. The summed E-state index contributed by atoms with van der Waals surface area (Å²) in [6, 6.07) is 4.05. The van der Waals surface area contributed by atoms with E-state index in [9.17, 15) is 0 Å². The lowest BCUT2D eigenvalue weighted by molar-refractivity contribution is 0.354. The molecule has 0 saturated heterocycles. The number of ether oxygens (including phenoxy) is 2. The van der Waals surface area contributed by atoms with Gasteiger partial charge in [-0.15, -0.1) is 0 Å². The molecule has 1 unspecified atom stereocenters. The Morgan fingerprint density at radius 2 is 1.75 bits per heavy atom. The monoisotopic (exact) mass is 223 g/mol. The summed E-state index contributed by atoms with van der Waals surface area (Å²) >= 11 is 0. The number of benzene rings is 1. The number of hydrogen-bond donors (Lipinski definition) is 1. The fourth-order valence-electron chi connectivity index (χ4n) is 1.70. The number of methoxy groups -OCH3 is 2. The summed E-state index contributed by atoms with van der Waals surface area (Å²) in [5.41, 5.74) is 8.13. The Morgan fingerprint density at radius 3 is 2.25 bits per heavy atom. The highest BCUT2D eigenvalue weighted by atomic mass is 16.5. The lowest BCUT2D eigenvalue weighted by Gasteiger charge is -2.15. The predicted octanol–water partition coefficient (Wildman–Crippen LogP) is 2.15. The van der Waals surface area contributed by atoms with E-state index in [0.29, 0.717) is 12.5 Å². The van der Waals surface area contributed by atoms with Crippen LogP contribution >= 0.6 is 0 Å². The lowest BCUT2D eigenvalue weighted by Crippen LogP contribution is -2.13. The van der Waals surface area contributed by atoms with E-state index in [-0.39, 0.29) is 0 Å². The maximum absolute atomic E-state index is 5.64. The quantitative estimate of drug-likeness (QED) is 0.832. The third kappa shape index (κ3) is 2.89. The van der Waals surface area contributed by atoms with Crippen LogP contribution in [0.4, 0.5) is 0 Å². The fraction of sp³-hybridized carbons (Fsp3) is 0.538. The molecule has 1 aromatic carbocycles. The number of hydrogen-bond acceptors (Lipinski definition) is 3. The highest BCUT2D eigenvalue weighted by molar-refractivity contribution is 5.47. The third-order valence-corrected chi connectivity index (χ3v) is 2.81. The highest BCUT2D eigenvalue weighted by Gasteiger charge is 2.10. The largest absolute Gasteiger partial charge is 0.493 e. The SMILES string of the molecule is COc1cc(C)c(CC(C)CN)cc1OC. The first kappa shape index (κ1) is 12.8. The molecule has 0 aliphatic rings. The van der Waals surface area contributed by atoms with E-state index < -0.39 is 0 Å². The van der Waals surface area contributed by atoms with Crippen molar-refractivity contribution in [3.8, 4) is 11.5 Å². The molecular formula is C13H21NO2. The summed E-state index contributed by atoms with van der Waals surface area (Å²) in [6.45, 7) is 4.93. The van der Waals surface area contributed by atoms with E-state index in [1.807, 2.05) is 12.1 Å². The average molecular weight is 223 g/mol. The van der Waals surface area contributed by atoms with Gasteiger partial charge in [-0.25, -0.2) is 0 Å². The van der Waals surface area contributed by atoms with Gasteiger partial charge in [0.1, 0.15) is 0 Å². The summed E-state index contributed by atoms with van der Waals surface area (Å²) < 4.78 is 10.5. The number of rotatable bonds is 5. The smallest absolute Gasteiger partial charge is 0.161 e. The van der Waals surface area contributed by atoms with Gasteiger partial charge >= 0.3 is 0 Å². The Hall–Kier alpha value is -1.22. The van der Waals surface area contributed by atoms with Gasteiger partial charge in [0, 0.05) is 0 Å². The van der Waals surface area contributed by atoms with Crippen LogP contribution < -0.4 is 15.2 Å². The van der Waals surface area contributed by atoms with Crippen LogP contribution in [-0.2, 0) is 6.42 Å². The van der Waals surface area contributed by atoms with Crippen molar-refractivity contribution < 1.29 is 9.47 Å². The van der Waals surface area contributed by atoms with Crippen LogP contribution in [0.2, 0.25) is 0 Å². The molecular weight excluding hydrogens is 202 g/mol. The van der Waals surface area contributed by atoms with Gasteiger partial charge in [-0.2, -0.15) is 0 Å². The molecule has 0 radical (unpaired) electrons. The Labute approximate surface area is 97.6 Å². The molecule has 0 aromatic heterocycles. The van der Waals surface area contributed by atoms with Gasteiger partial charge in [-0.3, -0.25) is 0 Å². The van der Waals surface area contributed by atoms with Crippen molar-refractivity contribution in [3.63, 3.8) is 0 Å². The lowest BCUT2D eigenvalue weighted by atomic mass is 9.97. The van der Waals surface area contributed by atoms with Gasteiger partial charge in [-0.1, -0.05) is 6.92 Å². The van der Waals surface area contributed by atoms with Crippen molar-refractivity contribution in [2.24, 2.45) is 11.7 Å². The Balaban J connectivity index is 3.01. The molecule has 0 heterocycles. The summed E-state index contributed by atoms with van der Waals surface area (Å²) in [7, 11) is 3.31. The van der Waals surface area contributed by atoms with Crippen LogP contribution in [0, 0.1) is 12.8 Å². The molecule has 0 fully saturated rings. The van der Waals surface area contributed by atoms with E-state index in [1.54, 1.807) is 14.2 Å². The molecule has 0 aliphatic carbocycles. The molecule has 1 rings (SSSR count). The molecule has 0 saturated carbocycles. The second-order valence-corrected chi connectivity index (χ2v) is 4.18. The minimum Gasteiger partial charge on any atom is -0.493 e. The number of nitrogens with two attached hydrogens (primary N) is 1. The van der Waals surface area contributed by atoms with E-state index in [0.717, 1.165) is 17.9 Å². The zero-order chi connectivity index (χ0) is 12.1. The van der Waals surface area contributed by atoms with Crippen molar-refractivity contribution in [2.75, 3.05) is 20.8 Å². The van der Waals surface area contributed by atoms with Crippen molar-refractivity contribution in [3.05, 3.63) is 23.3 Å². The predicted molar refractivity (Wildman–Crippen MR) is 66.2 cm³/mol. The molecule has 16 heavy (non-hydrogen) atoms. The molecule has 1 aromatic rings. The van der Waals surface area contributed by atoms with Gasteiger partial charge < -0.3 is 15.2 Å². The van der Waals surface area contributed by atoms with E-state index in [2.05, 4.69) is 13.8 Å². The van der Waals surface area contributed by atoms with Gasteiger partial charge in [0.05, 0.1) is 14.2 Å². The van der Waals surface area contributed by atoms with Gasteiger partial charge in [0.15, 0.2) is 11.5 Å². The topological polar surface area (TPSA) is 44.5 Å². The summed E-state index contributed by atoms with van der Waals surface area (Å²) in [6.07, 6.45) is 0.975. The van der Waals surface area contributed by atoms with E-state index >= 15 is 0 Å². The van der Waals surface area contributed by atoms with E-state index in [4.69, 9.17) is 15.2 Å². The molecule has 90 valence electrons. The van der Waals surface area contributed by atoms with Gasteiger partial charge in [0.25, 0.3) is 0 Å². The third-order valence-electron chi connectivity index (χ3n) is 2.81. The van der Waals surface area contributed by atoms with Crippen molar-refractivity contribution >= 4 is 0 Å². The van der Waals surface area contributed by atoms with Crippen LogP contribution in [0.15, 0.2) is 12.1 Å². The fourth-order valence-corrected chi connectivity index (χ4v) is 1.70. The van der Waals surface area contributed by atoms with Crippen LogP contribution in [0.5, 0.6) is 11.5 Å². The average Bonchev–Trinajstić information content (AvgIpc) is 2.30. The normalized spacial score (nSPS) is 12.3. The molecule has 0 spiro atoms. The Morgan fingerprint density at radius 1 is 1.19 bits per heavy atom. The maximum Gasteiger partial charge on any atom is 0.161 e. The molecule has 1 atom stereocenters. The van der Waals surface area contributed by atoms with Crippen molar-refractivity contribution in [2.45, 2.75) is 20.3 Å². The minimum atomic E-state index is 0.483. The molecule has 0 aliphatic heterocycles. The van der Waals surface area contributed by atoms with Gasteiger partial charge in [0.2, 0.25) is 0 Å². The summed E-state index contributed by atoms with van der Waals surface area (Å²) in [4.78, 5) is 0. The van der Waals surface area contributed by atoms with Crippen LogP contribution in [-0.4, -0.2) is 20.8 Å². The molecule has 3 nitrogen and oxygen atoms in total. The first-order valence-electron chi connectivity index (χ1n) is 5.54. The Bertz CT molecular complexity index is 350. The molecule has 2 N–H and O–H groups in total. The van der Waals surface area contributed by atoms with Crippen molar-refractivity contribution in [1.82, 2.24) is 0 Å². The standard InChI is InChI=1S/C13H21NO2/c1-9(8-14)5-11-7-13(16-4)12(15-3)6-10(11)2/h6-7,9H,5,8,14H2,1-4H3. The second kappa shape index (κ2) is 5.75.